The monoisotopic (exact) mass is 246 g/mol. The average molecular weight is 246 g/mol. The molecule has 0 saturated carbocycles. The van der Waals surface area contributed by atoms with E-state index in [-0.39, 0.29) is 11.6 Å². The van der Waals surface area contributed by atoms with Gasteiger partial charge in [-0.15, -0.1) is 0 Å². The van der Waals surface area contributed by atoms with Crippen molar-refractivity contribution in [2.75, 3.05) is 20.3 Å². The summed E-state index contributed by atoms with van der Waals surface area (Å²) in [5, 5.41) is 0. The zero-order valence-electron chi connectivity index (χ0n) is 12.1. The van der Waals surface area contributed by atoms with E-state index in [4.69, 9.17) is 15.3 Å². The summed E-state index contributed by atoms with van der Waals surface area (Å²) >= 11 is 0. The first-order chi connectivity index (χ1) is 8.11. The van der Waals surface area contributed by atoms with Crippen molar-refractivity contribution in [3.05, 3.63) is 0 Å². The molecule has 2 unspecified atom stereocenters. The standard InChI is InChI=1S/C13H30N2O2/c1-6-13(7-2,17-8-3)12(15-14)11(4)9-10-16-5/h11-12,15H,6-10,14H2,1-5H3. The number of nitrogens with two attached hydrogens (primary N) is 1. The van der Waals surface area contributed by atoms with Crippen molar-refractivity contribution in [2.45, 2.75) is 58.6 Å². The van der Waals surface area contributed by atoms with E-state index in [1.165, 1.54) is 0 Å². The predicted molar refractivity (Wildman–Crippen MR) is 71.7 cm³/mol. The van der Waals surface area contributed by atoms with Gasteiger partial charge in [0, 0.05) is 20.3 Å². The van der Waals surface area contributed by atoms with E-state index in [2.05, 4.69) is 26.2 Å². The van der Waals surface area contributed by atoms with Gasteiger partial charge in [-0.3, -0.25) is 11.3 Å². The first-order valence-electron chi connectivity index (χ1n) is 6.70. The van der Waals surface area contributed by atoms with Crippen molar-refractivity contribution >= 4 is 0 Å². The Labute approximate surface area is 106 Å². The lowest BCUT2D eigenvalue weighted by molar-refractivity contribution is -0.0859. The molecule has 0 aromatic rings. The lowest BCUT2D eigenvalue weighted by atomic mass is 9.80. The highest BCUT2D eigenvalue weighted by Crippen LogP contribution is 2.30. The van der Waals surface area contributed by atoms with Crippen molar-refractivity contribution < 1.29 is 9.47 Å². The fourth-order valence-corrected chi connectivity index (χ4v) is 2.58. The number of hydrazine groups is 1. The van der Waals surface area contributed by atoms with Crippen LogP contribution in [-0.4, -0.2) is 32.0 Å². The topological polar surface area (TPSA) is 56.5 Å². The summed E-state index contributed by atoms with van der Waals surface area (Å²) in [5.41, 5.74) is 2.79. The van der Waals surface area contributed by atoms with Crippen LogP contribution in [0.2, 0.25) is 0 Å². The average Bonchev–Trinajstić information content (AvgIpc) is 2.35. The molecule has 0 aromatic carbocycles. The molecule has 0 heterocycles. The van der Waals surface area contributed by atoms with Crippen molar-refractivity contribution in [2.24, 2.45) is 11.8 Å². The van der Waals surface area contributed by atoms with Crippen molar-refractivity contribution in [1.29, 1.82) is 0 Å². The Hall–Kier alpha value is -0.160. The first-order valence-corrected chi connectivity index (χ1v) is 6.70. The number of methoxy groups -OCH3 is 1. The third kappa shape index (κ3) is 4.54. The van der Waals surface area contributed by atoms with Gasteiger partial charge in [-0.2, -0.15) is 0 Å². The van der Waals surface area contributed by atoms with Gasteiger partial charge in [0.2, 0.25) is 0 Å². The molecule has 0 aliphatic carbocycles. The van der Waals surface area contributed by atoms with Crippen LogP contribution in [0.5, 0.6) is 0 Å². The molecule has 0 bridgehead atoms. The molecule has 0 amide bonds. The molecule has 0 rings (SSSR count). The van der Waals surface area contributed by atoms with E-state index in [1.54, 1.807) is 7.11 Å². The van der Waals surface area contributed by atoms with Gasteiger partial charge >= 0.3 is 0 Å². The lowest BCUT2D eigenvalue weighted by Crippen LogP contribution is -2.57. The summed E-state index contributed by atoms with van der Waals surface area (Å²) in [6.07, 6.45) is 2.91. The van der Waals surface area contributed by atoms with Crippen LogP contribution in [0.15, 0.2) is 0 Å². The van der Waals surface area contributed by atoms with E-state index < -0.39 is 0 Å². The molecule has 4 heteroatoms. The maximum Gasteiger partial charge on any atom is 0.0845 e. The highest BCUT2D eigenvalue weighted by molar-refractivity contribution is 4.93. The molecule has 17 heavy (non-hydrogen) atoms. The molecule has 3 N–H and O–H groups in total. The molecule has 0 fully saturated rings. The van der Waals surface area contributed by atoms with Crippen LogP contribution in [0.1, 0.15) is 47.0 Å². The van der Waals surface area contributed by atoms with E-state index >= 15 is 0 Å². The van der Waals surface area contributed by atoms with Crippen LogP contribution in [0.4, 0.5) is 0 Å². The second kappa shape index (κ2) is 8.86. The molecule has 0 aromatic heterocycles. The van der Waals surface area contributed by atoms with Crippen LogP contribution < -0.4 is 11.3 Å². The molecule has 0 radical (unpaired) electrons. The van der Waals surface area contributed by atoms with Gasteiger partial charge in [-0.05, 0) is 32.1 Å². The molecule has 4 nitrogen and oxygen atoms in total. The third-order valence-electron chi connectivity index (χ3n) is 3.72. The quantitative estimate of drug-likeness (QED) is 0.458. The molecular weight excluding hydrogens is 216 g/mol. The summed E-state index contributed by atoms with van der Waals surface area (Å²) in [6, 6.07) is 0.160. The van der Waals surface area contributed by atoms with E-state index in [0.29, 0.717) is 5.92 Å². The van der Waals surface area contributed by atoms with Crippen molar-refractivity contribution in [3.63, 3.8) is 0 Å². The Kier molecular flexibility index (Phi) is 8.78. The van der Waals surface area contributed by atoms with Gasteiger partial charge in [0.15, 0.2) is 0 Å². The zero-order valence-corrected chi connectivity index (χ0v) is 12.1. The molecule has 0 aliphatic rings. The van der Waals surface area contributed by atoms with Gasteiger partial charge in [0.25, 0.3) is 0 Å². The molecule has 0 aliphatic heterocycles. The molecule has 2 atom stereocenters. The SMILES string of the molecule is CCOC(CC)(CC)C(NN)C(C)CCOC. The molecular formula is C13H30N2O2. The largest absolute Gasteiger partial charge is 0.385 e. The van der Waals surface area contributed by atoms with Gasteiger partial charge in [0.05, 0.1) is 11.6 Å². The Morgan fingerprint density at radius 2 is 1.82 bits per heavy atom. The summed E-state index contributed by atoms with van der Waals surface area (Å²) in [6.45, 7) is 10.0. The number of hydrogen-bond acceptors (Lipinski definition) is 4. The summed E-state index contributed by atoms with van der Waals surface area (Å²) < 4.78 is 11.1. The second-order valence-electron chi connectivity index (χ2n) is 4.61. The molecule has 0 saturated heterocycles. The number of nitrogens with one attached hydrogen (secondary N) is 1. The van der Waals surface area contributed by atoms with Gasteiger partial charge in [0.1, 0.15) is 0 Å². The van der Waals surface area contributed by atoms with Gasteiger partial charge < -0.3 is 9.47 Å². The maximum absolute atomic E-state index is 6.00. The minimum atomic E-state index is -0.170. The number of rotatable bonds is 10. The highest BCUT2D eigenvalue weighted by Gasteiger charge is 2.38. The summed E-state index contributed by atoms with van der Waals surface area (Å²) in [5.74, 6) is 6.16. The smallest absolute Gasteiger partial charge is 0.0845 e. The first kappa shape index (κ1) is 16.8. The van der Waals surface area contributed by atoms with Crippen LogP contribution in [-0.2, 0) is 9.47 Å². The maximum atomic E-state index is 6.00. The lowest BCUT2D eigenvalue weighted by Gasteiger charge is -2.42. The minimum Gasteiger partial charge on any atom is -0.385 e. The Morgan fingerprint density at radius 3 is 2.18 bits per heavy atom. The normalized spacial score (nSPS) is 15.9. The zero-order chi connectivity index (χ0) is 13.3. The Bertz CT molecular complexity index is 184. The minimum absolute atomic E-state index is 0.160. The van der Waals surface area contributed by atoms with Crippen LogP contribution >= 0.6 is 0 Å². The number of ether oxygens (including phenoxy) is 2. The van der Waals surface area contributed by atoms with Gasteiger partial charge in [-0.1, -0.05) is 20.8 Å². The van der Waals surface area contributed by atoms with Crippen molar-refractivity contribution in [3.8, 4) is 0 Å². The van der Waals surface area contributed by atoms with E-state index in [9.17, 15) is 0 Å². The second-order valence-corrected chi connectivity index (χ2v) is 4.61. The van der Waals surface area contributed by atoms with Gasteiger partial charge in [-0.25, -0.2) is 0 Å². The molecule has 0 spiro atoms. The predicted octanol–water partition coefficient (Wildman–Crippen LogP) is 2.09. The van der Waals surface area contributed by atoms with Crippen LogP contribution in [0.3, 0.4) is 0 Å². The highest BCUT2D eigenvalue weighted by atomic mass is 16.5. The Morgan fingerprint density at radius 1 is 1.24 bits per heavy atom. The number of hydrogen-bond donors (Lipinski definition) is 2. The summed E-state index contributed by atoms with van der Waals surface area (Å²) in [4.78, 5) is 0. The van der Waals surface area contributed by atoms with E-state index in [1.807, 2.05) is 6.92 Å². The Balaban J connectivity index is 4.75. The molecule has 104 valence electrons. The third-order valence-corrected chi connectivity index (χ3v) is 3.72. The van der Waals surface area contributed by atoms with Crippen molar-refractivity contribution in [1.82, 2.24) is 5.43 Å². The van der Waals surface area contributed by atoms with Crippen LogP contribution in [0, 0.1) is 5.92 Å². The fraction of sp³-hybridized carbons (Fsp3) is 1.00. The fourth-order valence-electron chi connectivity index (χ4n) is 2.58. The summed E-state index contributed by atoms with van der Waals surface area (Å²) in [7, 11) is 1.73. The van der Waals surface area contributed by atoms with E-state index in [0.717, 1.165) is 32.5 Å². The van der Waals surface area contributed by atoms with Crippen LogP contribution in [0.25, 0.3) is 0 Å².